The van der Waals surface area contributed by atoms with Gasteiger partial charge in [0.05, 0.1) is 22.8 Å². The molecule has 1 atom stereocenters. The molecule has 0 saturated carbocycles. The van der Waals surface area contributed by atoms with Gasteiger partial charge in [0, 0.05) is 11.9 Å². The lowest BCUT2D eigenvalue weighted by Gasteiger charge is -2.19. The Morgan fingerprint density at radius 1 is 1.18 bits per heavy atom. The first-order chi connectivity index (χ1) is 16.0. The van der Waals surface area contributed by atoms with Gasteiger partial charge in [0.25, 0.3) is 5.91 Å². The number of hydrogen-bond donors (Lipinski definition) is 3. The van der Waals surface area contributed by atoms with Crippen molar-refractivity contribution >= 4 is 28.4 Å². The van der Waals surface area contributed by atoms with Crippen LogP contribution in [0.1, 0.15) is 40.1 Å². The van der Waals surface area contributed by atoms with Gasteiger partial charge < -0.3 is 16.4 Å². The van der Waals surface area contributed by atoms with E-state index in [9.17, 15) is 14.4 Å². The van der Waals surface area contributed by atoms with Crippen LogP contribution in [0.4, 0.5) is 16.0 Å². The van der Waals surface area contributed by atoms with Crippen LogP contribution in [0.15, 0.2) is 60.9 Å². The SMILES string of the molecule is CC(Nc1ncnc(N)c1C#N)c1nc2cccc(F)c2cc1C(=O)NCc1ccccc1. The van der Waals surface area contributed by atoms with Gasteiger partial charge in [-0.3, -0.25) is 4.79 Å². The van der Waals surface area contributed by atoms with E-state index in [1.54, 1.807) is 19.1 Å². The molecular weight excluding hydrogens is 421 g/mol. The van der Waals surface area contributed by atoms with Crippen molar-refractivity contribution in [2.45, 2.75) is 19.5 Å². The van der Waals surface area contributed by atoms with Gasteiger partial charge in [-0.1, -0.05) is 36.4 Å². The van der Waals surface area contributed by atoms with Gasteiger partial charge >= 0.3 is 0 Å². The number of benzene rings is 2. The molecule has 2 heterocycles. The van der Waals surface area contributed by atoms with E-state index in [1.807, 2.05) is 36.4 Å². The second-order valence-electron chi connectivity index (χ2n) is 7.36. The zero-order chi connectivity index (χ0) is 23.4. The number of nitrogens with two attached hydrogens (primary N) is 1. The lowest BCUT2D eigenvalue weighted by molar-refractivity contribution is 0.0949. The Labute approximate surface area is 189 Å². The number of halogens is 1. The molecule has 2 aromatic heterocycles. The van der Waals surface area contributed by atoms with Gasteiger partial charge in [0.2, 0.25) is 0 Å². The zero-order valence-corrected chi connectivity index (χ0v) is 17.7. The quantitative estimate of drug-likeness (QED) is 0.416. The molecule has 8 nitrogen and oxygen atoms in total. The van der Waals surface area contributed by atoms with E-state index in [4.69, 9.17) is 5.73 Å². The third kappa shape index (κ3) is 4.55. The first kappa shape index (κ1) is 21.6. The average molecular weight is 441 g/mol. The molecule has 0 aliphatic heterocycles. The maximum Gasteiger partial charge on any atom is 0.253 e. The van der Waals surface area contributed by atoms with E-state index >= 15 is 0 Å². The summed E-state index contributed by atoms with van der Waals surface area (Å²) in [4.78, 5) is 25.6. The number of hydrogen-bond acceptors (Lipinski definition) is 7. The molecule has 0 aliphatic carbocycles. The van der Waals surface area contributed by atoms with Crippen molar-refractivity contribution in [3.05, 3.63) is 89.1 Å². The first-order valence-electron chi connectivity index (χ1n) is 10.2. The second kappa shape index (κ2) is 9.28. The van der Waals surface area contributed by atoms with E-state index < -0.39 is 17.8 Å². The first-order valence-corrected chi connectivity index (χ1v) is 10.2. The number of nitrogen functional groups attached to an aromatic ring is 1. The van der Waals surface area contributed by atoms with Crippen molar-refractivity contribution in [3.8, 4) is 6.07 Å². The lowest BCUT2D eigenvalue weighted by atomic mass is 10.0. The number of pyridine rings is 1. The molecule has 164 valence electrons. The highest BCUT2D eigenvalue weighted by atomic mass is 19.1. The maximum atomic E-state index is 14.4. The largest absolute Gasteiger partial charge is 0.382 e. The summed E-state index contributed by atoms with van der Waals surface area (Å²) in [6.07, 6.45) is 1.24. The number of carbonyl (C=O) groups excluding carboxylic acids is 1. The highest BCUT2D eigenvalue weighted by Gasteiger charge is 2.22. The van der Waals surface area contributed by atoms with Crippen LogP contribution in [0.25, 0.3) is 10.9 Å². The molecule has 0 saturated heterocycles. The number of fused-ring (bicyclic) bond motifs is 1. The molecule has 0 fully saturated rings. The Hall–Kier alpha value is -4.58. The summed E-state index contributed by atoms with van der Waals surface area (Å²) in [7, 11) is 0. The normalized spacial score (nSPS) is 11.5. The van der Waals surface area contributed by atoms with Crippen molar-refractivity contribution in [3.63, 3.8) is 0 Å². The van der Waals surface area contributed by atoms with Crippen LogP contribution in [0.3, 0.4) is 0 Å². The molecule has 4 aromatic rings. The highest BCUT2D eigenvalue weighted by molar-refractivity contribution is 5.99. The number of rotatable bonds is 6. The molecule has 0 radical (unpaired) electrons. The molecule has 0 spiro atoms. The number of nitrogens with one attached hydrogen (secondary N) is 2. The van der Waals surface area contributed by atoms with Crippen LogP contribution in [0, 0.1) is 17.1 Å². The summed E-state index contributed by atoms with van der Waals surface area (Å²) in [5.74, 6) is -0.617. The molecule has 4 rings (SSSR count). The zero-order valence-electron chi connectivity index (χ0n) is 17.7. The minimum atomic E-state index is -0.559. The molecule has 4 N–H and O–H groups in total. The van der Waals surface area contributed by atoms with Crippen LogP contribution in [-0.2, 0) is 6.54 Å². The van der Waals surface area contributed by atoms with Crippen molar-refractivity contribution in [1.29, 1.82) is 5.26 Å². The molecule has 9 heteroatoms. The number of nitriles is 1. The van der Waals surface area contributed by atoms with E-state index in [0.29, 0.717) is 17.8 Å². The standard InChI is InChI=1S/C24H20FN7O/c1-14(31-23-18(11-26)22(27)29-13-30-23)21-17(10-16-19(25)8-5-9-20(16)32-21)24(33)28-12-15-6-3-2-4-7-15/h2-10,13-14H,12H2,1H3,(H,28,33)(H3,27,29,30,31). The second-order valence-corrected chi connectivity index (χ2v) is 7.36. The molecule has 1 amide bonds. The van der Waals surface area contributed by atoms with E-state index in [1.165, 1.54) is 18.5 Å². The number of carbonyl (C=O) groups is 1. The maximum absolute atomic E-state index is 14.4. The van der Waals surface area contributed by atoms with Crippen LogP contribution in [-0.4, -0.2) is 20.9 Å². The summed E-state index contributed by atoms with van der Waals surface area (Å²) < 4.78 is 14.4. The number of aromatic nitrogens is 3. The highest BCUT2D eigenvalue weighted by Crippen LogP contribution is 2.27. The van der Waals surface area contributed by atoms with Crippen molar-refractivity contribution in [1.82, 2.24) is 20.3 Å². The summed E-state index contributed by atoms with van der Waals surface area (Å²) in [5.41, 5.74) is 7.78. The van der Waals surface area contributed by atoms with Crippen molar-refractivity contribution in [2.75, 3.05) is 11.1 Å². The Kier molecular flexibility index (Phi) is 6.09. The third-order valence-electron chi connectivity index (χ3n) is 5.13. The van der Waals surface area contributed by atoms with Crippen LogP contribution < -0.4 is 16.4 Å². The Balaban J connectivity index is 1.72. The van der Waals surface area contributed by atoms with E-state index in [0.717, 1.165) is 5.56 Å². The van der Waals surface area contributed by atoms with Crippen LogP contribution >= 0.6 is 0 Å². The smallest absolute Gasteiger partial charge is 0.253 e. The predicted octanol–water partition coefficient (Wildman–Crippen LogP) is 3.72. The fourth-order valence-corrected chi connectivity index (χ4v) is 3.45. The molecule has 0 aliphatic rings. The molecule has 2 aromatic carbocycles. The van der Waals surface area contributed by atoms with E-state index in [2.05, 4.69) is 25.6 Å². The summed E-state index contributed by atoms with van der Waals surface area (Å²) >= 11 is 0. The summed E-state index contributed by atoms with van der Waals surface area (Å²) in [5, 5.41) is 15.6. The monoisotopic (exact) mass is 441 g/mol. The minimum Gasteiger partial charge on any atom is -0.382 e. The number of amides is 1. The topological polar surface area (TPSA) is 130 Å². The van der Waals surface area contributed by atoms with Gasteiger partial charge in [-0.25, -0.2) is 19.3 Å². The fourth-order valence-electron chi connectivity index (χ4n) is 3.45. The van der Waals surface area contributed by atoms with E-state index in [-0.39, 0.29) is 28.1 Å². The molecular formula is C24H20FN7O. The third-order valence-corrected chi connectivity index (χ3v) is 5.13. The Morgan fingerprint density at radius 2 is 1.97 bits per heavy atom. The molecule has 33 heavy (non-hydrogen) atoms. The fraction of sp³-hybridized carbons (Fsp3) is 0.125. The van der Waals surface area contributed by atoms with Crippen molar-refractivity contribution in [2.24, 2.45) is 0 Å². The lowest BCUT2D eigenvalue weighted by Crippen LogP contribution is -2.26. The number of anilines is 2. The molecule has 1 unspecified atom stereocenters. The summed E-state index contributed by atoms with van der Waals surface area (Å²) in [6.45, 7) is 2.07. The van der Waals surface area contributed by atoms with Crippen LogP contribution in [0.2, 0.25) is 0 Å². The van der Waals surface area contributed by atoms with Gasteiger partial charge in [0.1, 0.15) is 35.4 Å². The van der Waals surface area contributed by atoms with Gasteiger partial charge in [-0.05, 0) is 30.7 Å². The van der Waals surface area contributed by atoms with Gasteiger partial charge in [-0.15, -0.1) is 0 Å². The van der Waals surface area contributed by atoms with Crippen LogP contribution in [0.5, 0.6) is 0 Å². The molecule has 0 bridgehead atoms. The minimum absolute atomic E-state index is 0.0385. The predicted molar refractivity (Wildman–Crippen MR) is 123 cm³/mol. The Morgan fingerprint density at radius 3 is 2.73 bits per heavy atom. The Bertz CT molecular complexity index is 1370. The number of nitrogens with zero attached hydrogens (tertiary/aromatic N) is 4. The van der Waals surface area contributed by atoms with Crippen molar-refractivity contribution < 1.29 is 9.18 Å². The van der Waals surface area contributed by atoms with Gasteiger partial charge in [0.15, 0.2) is 0 Å². The summed E-state index contributed by atoms with van der Waals surface area (Å²) in [6, 6.07) is 16.9. The average Bonchev–Trinajstić information content (AvgIpc) is 2.83. The van der Waals surface area contributed by atoms with Gasteiger partial charge in [-0.2, -0.15) is 5.26 Å².